The fraction of sp³-hybridized carbons (Fsp3) is 0.294. The van der Waals surface area contributed by atoms with Crippen LogP contribution >= 0.6 is 0 Å². The van der Waals surface area contributed by atoms with Crippen LogP contribution in [0.2, 0.25) is 0 Å². The summed E-state index contributed by atoms with van der Waals surface area (Å²) in [7, 11) is -1.11. The maximum Gasteiger partial charge on any atom is 0.270 e. The van der Waals surface area contributed by atoms with Crippen LogP contribution < -0.4 is 10.2 Å². The summed E-state index contributed by atoms with van der Waals surface area (Å²) >= 11 is 0. The van der Waals surface area contributed by atoms with Gasteiger partial charge in [-0.1, -0.05) is 18.2 Å². The normalized spacial score (nSPS) is 19.0. The molecule has 1 N–H and O–H groups in total. The van der Waals surface area contributed by atoms with Gasteiger partial charge in [0, 0.05) is 30.7 Å². The summed E-state index contributed by atoms with van der Waals surface area (Å²) in [6.45, 7) is 0. The Morgan fingerprint density at radius 2 is 1.96 bits per heavy atom. The number of anilines is 2. The van der Waals surface area contributed by atoms with Gasteiger partial charge in [0.15, 0.2) is 9.84 Å². The van der Waals surface area contributed by atoms with E-state index >= 15 is 0 Å². The van der Waals surface area contributed by atoms with Crippen molar-refractivity contribution in [2.75, 3.05) is 23.5 Å². The Hall–Kier alpha value is -2.41. The predicted octanol–water partition coefficient (Wildman–Crippen LogP) is 1.77. The molecule has 0 radical (unpaired) electrons. The molecule has 1 aromatic heterocycles. The number of rotatable bonds is 4. The lowest BCUT2D eigenvalue weighted by atomic mass is 10.2. The second kappa shape index (κ2) is 6.60. The van der Waals surface area contributed by atoms with Crippen molar-refractivity contribution in [1.29, 1.82) is 0 Å². The first-order valence-electron chi connectivity index (χ1n) is 7.71. The summed E-state index contributed by atoms with van der Waals surface area (Å²) in [6.07, 6.45) is 2.03. The van der Waals surface area contributed by atoms with Crippen LogP contribution in [0.1, 0.15) is 16.9 Å². The summed E-state index contributed by atoms with van der Waals surface area (Å²) in [4.78, 5) is 18.4. The van der Waals surface area contributed by atoms with Crippen molar-refractivity contribution in [3.8, 4) is 0 Å². The van der Waals surface area contributed by atoms with E-state index in [4.69, 9.17) is 0 Å². The highest BCUT2D eigenvalue weighted by Gasteiger charge is 2.29. The monoisotopic (exact) mass is 345 g/mol. The average Bonchev–Trinajstić information content (AvgIpc) is 2.93. The minimum Gasteiger partial charge on any atom is -0.347 e. The van der Waals surface area contributed by atoms with Crippen LogP contribution in [0.3, 0.4) is 0 Å². The van der Waals surface area contributed by atoms with Gasteiger partial charge in [-0.25, -0.2) is 8.42 Å². The van der Waals surface area contributed by atoms with Gasteiger partial charge < -0.3 is 10.2 Å². The highest BCUT2D eigenvalue weighted by atomic mass is 32.2. The molecule has 1 fully saturated rings. The largest absolute Gasteiger partial charge is 0.347 e. The molecule has 126 valence electrons. The molecule has 7 heteroatoms. The number of nitrogens with zero attached hydrogens (tertiary/aromatic N) is 2. The summed E-state index contributed by atoms with van der Waals surface area (Å²) in [6, 6.07) is 13.0. The Morgan fingerprint density at radius 3 is 2.62 bits per heavy atom. The van der Waals surface area contributed by atoms with Crippen LogP contribution in [0.25, 0.3) is 0 Å². The fourth-order valence-electron chi connectivity index (χ4n) is 2.72. The Labute approximate surface area is 141 Å². The molecule has 1 aliphatic rings. The van der Waals surface area contributed by atoms with Crippen LogP contribution in [0.5, 0.6) is 0 Å². The van der Waals surface area contributed by atoms with Gasteiger partial charge >= 0.3 is 0 Å². The Bertz CT molecular complexity index is 837. The summed E-state index contributed by atoms with van der Waals surface area (Å²) in [5, 5.41) is 2.76. The molecule has 2 aromatic rings. The molecule has 2 heterocycles. The van der Waals surface area contributed by atoms with E-state index in [0.29, 0.717) is 6.42 Å². The van der Waals surface area contributed by atoms with E-state index < -0.39 is 9.84 Å². The van der Waals surface area contributed by atoms with E-state index in [1.807, 2.05) is 48.3 Å². The Balaban J connectivity index is 1.74. The SMILES string of the molecule is CN(c1ccccc1)c1ccnc(C(=O)NC2CCS(=O)(=O)C2)c1. The van der Waals surface area contributed by atoms with Crippen LogP contribution in [0.4, 0.5) is 11.4 Å². The van der Waals surface area contributed by atoms with Crippen LogP contribution in [-0.4, -0.2) is 43.9 Å². The Morgan fingerprint density at radius 1 is 1.21 bits per heavy atom. The number of sulfone groups is 1. The number of carbonyl (C=O) groups excluding carboxylic acids is 1. The van der Waals surface area contributed by atoms with Crippen molar-refractivity contribution < 1.29 is 13.2 Å². The molecule has 0 spiro atoms. The maximum absolute atomic E-state index is 12.3. The zero-order chi connectivity index (χ0) is 17.2. The molecule has 3 rings (SSSR count). The third kappa shape index (κ3) is 3.73. The lowest BCUT2D eigenvalue weighted by Crippen LogP contribution is -2.36. The van der Waals surface area contributed by atoms with Gasteiger partial charge in [0.1, 0.15) is 5.69 Å². The summed E-state index contributed by atoms with van der Waals surface area (Å²) in [5.74, 6) is -0.217. The van der Waals surface area contributed by atoms with Gasteiger partial charge in [-0.3, -0.25) is 9.78 Å². The molecule has 0 aliphatic carbocycles. The summed E-state index contributed by atoms with van der Waals surface area (Å²) < 4.78 is 23.0. The van der Waals surface area contributed by atoms with Crippen molar-refractivity contribution in [2.45, 2.75) is 12.5 Å². The van der Waals surface area contributed by atoms with E-state index in [2.05, 4.69) is 10.3 Å². The van der Waals surface area contributed by atoms with E-state index in [1.165, 1.54) is 0 Å². The number of benzene rings is 1. The predicted molar refractivity (Wildman–Crippen MR) is 93.3 cm³/mol. The number of hydrogen-bond donors (Lipinski definition) is 1. The molecular formula is C17H19N3O3S. The third-order valence-corrected chi connectivity index (χ3v) is 5.84. The quantitative estimate of drug-likeness (QED) is 0.913. The van der Waals surface area contributed by atoms with E-state index in [9.17, 15) is 13.2 Å². The van der Waals surface area contributed by atoms with Crippen molar-refractivity contribution in [3.05, 3.63) is 54.4 Å². The van der Waals surface area contributed by atoms with E-state index in [-0.39, 0.29) is 29.1 Å². The zero-order valence-corrected chi connectivity index (χ0v) is 14.2. The molecule has 6 nitrogen and oxygen atoms in total. The lowest BCUT2D eigenvalue weighted by Gasteiger charge is -2.20. The summed E-state index contributed by atoms with van der Waals surface area (Å²) in [5.41, 5.74) is 2.11. The molecule has 24 heavy (non-hydrogen) atoms. The van der Waals surface area contributed by atoms with Gasteiger partial charge in [-0.15, -0.1) is 0 Å². The van der Waals surface area contributed by atoms with Gasteiger partial charge in [0.25, 0.3) is 5.91 Å². The maximum atomic E-state index is 12.3. The molecule has 1 unspecified atom stereocenters. The van der Waals surface area contributed by atoms with Gasteiger partial charge in [-0.05, 0) is 30.7 Å². The zero-order valence-electron chi connectivity index (χ0n) is 13.3. The molecule has 1 saturated heterocycles. The standard InChI is InChI=1S/C17H19N3O3S/c1-20(14-5-3-2-4-6-14)15-7-9-18-16(11-15)17(21)19-13-8-10-24(22,23)12-13/h2-7,9,11,13H,8,10,12H2,1H3,(H,19,21). The lowest BCUT2D eigenvalue weighted by molar-refractivity contribution is 0.0936. The first-order chi connectivity index (χ1) is 11.4. The fourth-order valence-corrected chi connectivity index (χ4v) is 4.39. The average molecular weight is 345 g/mol. The molecule has 0 saturated carbocycles. The minimum atomic E-state index is -3.02. The second-order valence-corrected chi connectivity index (χ2v) is 8.10. The van der Waals surface area contributed by atoms with Gasteiger partial charge in [-0.2, -0.15) is 0 Å². The van der Waals surface area contributed by atoms with Crippen molar-refractivity contribution in [1.82, 2.24) is 10.3 Å². The van der Waals surface area contributed by atoms with Gasteiger partial charge in [0.2, 0.25) is 0 Å². The molecule has 1 amide bonds. The number of para-hydroxylation sites is 1. The van der Waals surface area contributed by atoms with Gasteiger partial charge in [0.05, 0.1) is 11.5 Å². The first kappa shape index (κ1) is 16.4. The molecule has 0 bridgehead atoms. The minimum absolute atomic E-state index is 0.00233. The third-order valence-electron chi connectivity index (χ3n) is 4.07. The highest BCUT2D eigenvalue weighted by molar-refractivity contribution is 7.91. The Kier molecular flexibility index (Phi) is 4.53. The number of aromatic nitrogens is 1. The van der Waals surface area contributed by atoms with E-state index in [1.54, 1.807) is 12.3 Å². The topological polar surface area (TPSA) is 79.4 Å². The van der Waals surface area contributed by atoms with Crippen molar-refractivity contribution in [2.24, 2.45) is 0 Å². The first-order valence-corrected chi connectivity index (χ1v) is 9.53. The number of carbonyl (C=O) groups is 1. The van der Waals surface area contributed by atoms with Crippen LogP contribution in [0.15, 0.2) is 48.7 Å². The molecular weight excluding hydrogens is 326 g/mol. The molecule has 1 atom stereocenters. The number of pyridine rings is 1. The molecule has 1 aliphatic heterocycles. The number of hydrogen-bond acceptors (Lipinski definition) is 5. The van der Waals surface area contributed by atoms with Crippen molar-refractivity contribution >= 4 is 27.1 Å². The van der Waals surface area contributed by atoms with E-state index in [0.717, 1.165) is 11.4 Å². The van der Waals surface area contributed by atoms with Crippen LogP contribution in [-0.2, 0) is 9.84 Å². The number of nitrogens with one attached hydrogen (secondary N) is 1. The highest BCUT2D eigenvalue weighted by Crippen LogP contribution is 2.23. The van der Waals surface area contributed by atoms with Crippen LogP contribution in [0, 0.1) is 0 Å². The molecule has 1 aromatic carbocycles. The van der Waals surface area contributed by atoms with Crippen molar-refractivity contribution in [3.63, 3.8) is 0 Å². The second-order valence-electron chi connectivity index (χ2n) is 5.87. The number of amides is 1. The smallest absolute Gasteiger partial charge is 0.270 e.